The summed E-state index contributed by atoms with van der Waals surface area (Å²) in [6.07, 6.45) is 0. The Kier molecular flexibility index (Phi) is 8.13. The number of carbonyl (C=O) groups is 2. The molecule has 0 saturated carbocycles. The molecule has 2 aromatic rings. The Balaban J connectivity index is 1.46. The molecule has 1 N–H and O–H groups in total. The number of nitrogens with zero attached hydrogens (tertiary/aromatic N) is 2. The topological polar surface area (TPSA) is 61.9 Å². The first kappa shape index (κ1) is 22.6. The number of hydrogen-bond donors (Lipinski definition) is 1. The second kappa shape index (κ2) is 10.8. The normalized spacial score (nSPS) is 15.8. The van der Waals surface area contributed by atoms with E-state index in [2.05, 4.69) is 10.2 Å². The number of rotatable bonds is 8. The van der Waals surface area contributed by atoms with Crippen molar-refractivity contribution in [3.05, 3.63) is 51.7 Å². The lowest BCUT2D eigenvalue weighted by Crippen LogP contribution is -2.56. The van der Waals surface area contributed by atoms with Crippen LogP contribution in [0.4, 0.5) is 0 Å². The molecule has 1 aliphatic heterocycles. The number of ether oxygens (including phenoxy) is 1. The Labute approximate surface area is 186 Å². The molecule has 2 amide bonds. The summed E-state index contributed by atoms with van der Waals surface area (Å²) in [6, 6.07) is 10.5. The predicted octanol–water partition coefficient (Wildman–Crippen LogP) is 3.38. The first-order valence-corrected chi connectivity index (χ1v) is 11.4. The number of para-hydroxylation sites is 1. The van der Waals surface area contributed by atoms with Crippen molar-refractivity contribution in [1.29, 1.82) is 0 Å². The van der Waals surface area contributed by atoms with E-state index in [4.69, 9.17) is 16.3 Å². The van der Waals surface area contributed by atoms with Gasteiger partial charge >= 0.3 is 0 Å². The number of hydrogen-bond acceptors (Lipinski definition) is 5. The SMILES string of the molecule is CC(C)[C@H](NC(=O)c1cccs1)C(=O)N1CCN(CCOc2ccccc2Cl)CC1. The van der Waals surface area contributed by atoms with Gasteiger partial charge < -0.3 is 15.0 Å². The number of nitrogens with one attached hydrogen (secondary N) is 1. The monoisotopic (exact) mass is 449 g/mol. The van der Waals surface area contributed by atoms with Crippen LogP contribution in [0.3, 0.4) is 0 Å². The highest BCUT2D eigenvalue weighted by Crippen LogP contribution is 2.23. The fourth-order valence-electron chi connectivity index (χ4n) is 3.37. The molecule has 1 aromatic carbocycles. The Morgan fingerprint density at radius 3 is 2.50 bits per heavy atom. The molecule has 6 nitrogen and oxygen atoms in total. The number of amides is 2. The van der Waals surface area contributed by atoms with Crippen molar-refractivity contribution < 1.29 is 14.3 Å². The maximum atomic E-state index is 13.0. The second-order valence-electron chi connectivity index (χ2n) is 7.62. The first-order chi connectivity index (χ1) is 14.5. The summed E-state index contributed by atoms with van der Waals surface area (Å²) in [7, 11) is 0. The fourth-order valence-corrected chi connectivity index (χ4v) is 4.19. The van der Waals surface area contributed by atoms with Gasteiger partial charge in [0.25, 0.3) is 5.91 Å². The third kappa shape index (κ3) is 5.97. The average molecular weight is 450 g/mol. The van der Waals surface area contributed by atoms with Gasteiger partial charge in [0.05, 0.1) is 9.90 Å². The maximum absolute atomic E-state index is 13.0. The number of thiophene rings is 1. The van der Waals surface area contributed by atoms with Gasteiger partial charge in [0.2, 0.25) is 5.91 Å². The fraction of sp³-hybridized carbons (Fsp3) is 0.455. The molecule has 1 atom stereocenters. The molecule has 162 valence electrons. The summed E-state index contributed by atoms with van der Waals surface area (Å²) < 4.78 is 5.76. The molecular weight excluding hydrogens is 422 g/mol. The van der Waals surface area contributed by atoms with Crippen LogP contribution in [-0.2, 0) is 4.79 Å². The van der Waals surface area contributed by atoms with Crippen molar-refractivity contribution in [3.8, 4) is 5.75 Å². The Morgan fingerprint density at radius 2 is 1.87 bits per heavy atom. The van der Waals surface area contributed by atoms with Crippen LogP contribution < -0.4 is 10.1 Å². The molecule has 2 heterocycles. The second-order valence-corrected chi connectivity index (χ2v) is 8.97. The van der Waals surface area contributed by atoms with E-state index in [1.807, 2.05) is 54.5 Å². The summed E-state index contributed by atoms with van der Waals surface area (Å²) in [5, 5.41) is 5.38. The molecule has 0 aliphatic carbocycles. The highest BCUT2D eigenvalue weighted by Gasteiger charge is 2.31. The number of carbonyl (C=O) groups excluding carboxylic acids is 2. The smallest absolute Gasteiger partial charge is 0.262 e. The highest BCUT2D eigenvalue weighted by atomic mass is 35.5. The summed E-state index contributed by atoms with van der Waals surface area (Å²) in [6.45, 7) is 8.08. The highest BCUT2D eigenvalue weighted by molar-refractivity contribution is 7.12. The zero-order chi connectivity index (χ0) is 21.5. The summed E-state index contributed by atoms with van der Waals surface area (Å²) in [5.41, 5.74) is 0. The van der Waals surface area contributed by atoms with E-state index < -0.39 is 6.04 Å². The van der Waals surface area contributed by atoms with Crippen LogP contribution in [0.1, 0.15) is 23.5 Å². The van der Waals surface area contributed by atoms with Crippen molar-refractivity contribution in [2.45, 2.75) is 19.9 Å². The number of halogens is 1. The van der Waals surface area contributed by atoms with E-state index in [1.54, 1.807) is 6.07 Å². The lowest BCUT2D eigenvalue weighted by molar-refractivity contribution is -0.136. The van der Waals surface area contributed by atoms with E-state index >= 15 is 0 Å². The van der Waals surface area contributed by atoms with E-state index in [0.717, 1.165) is 19.6 Å². The van der Waals surface area contributed by atoms with Gasteiger partial charge in [0, 0.05) is 32.7 Å². The molecule has 0 radical (unpaired) electrons. The third-order valence-electron chi connectivity index (χ3n) is 5.15. The molecule has 0 spiro atoms. The zero-order valence-corrected chi connectivity index (χ0v) is 18.9. The minimum absolute atomic E-state index is 0.0122. The molecular formula is C22H28ClN3O3S. The quantitative estimate of drug-likeness (QED) is 0.671. The largest absolute Gasteiger partial charge is 0.491 e. The number of piperazine rings is 1. The molecule has 0 bridgehead atoms. The van der Waals surface area contributed by atoms with Crippen LogP contribution in [0, 0.1) is 5.92 Å². The predicted molar refractivity (Wildman–Crippen MR) is 120 cm³/mol. The first-order valence-electron chi connectivity index (χ1n) is 10.2. The lowest BCUT2D eigenvalue weighted by Gasteiger charge is -2.37. The number of benzene rings is 1. The van der Waals surface area contributed by atoms with Crippen molar-refractivity contribution in [1.82, 2.24) is 15.1 Å². The lowest BCUT2D eigenvalue weighted by atomic mass is 10.0. The van der Waals surface area contributed by atoms with Gasteiger partial charge in [0.1, 0.15) is 18.4 Å². The Morgan fingerprint density at radius 1 is 1.13 bits per heavy atom. The summed E-state index contributed by atoms with van der Waals surface area (Å²) in [4.78, 5) is 30.2. The van der Waals surface area contributed by atoms with Crippen molar-refractivity contribution in [2.75, 3.05) is 39.3 Å². The van der Waals surface area contributed by atoms with Gasteiger partial charge in [-0.05, 0) is 29.5 Å². The van der Waals surface area contributed by atoms with Gasteiger partial charge in [-0.3, -0.25) is 14.5 Å². The van der Waals surface area contributed by atoms with Crippen molar-refractivity contribution >= 4 is 34.8 Å². The third-order valence-corrected chi connectivity index (χ3v) is 6.33. The van der Waals surface area contributed by atoms with Gasteiger partial charge in [0.15, 0.2) is 0 Å². The molecule has 1 saturated heterocycles. The van der Waals surface area contributed by atoms with Crippen LogP contribution in [0.15, 0.2) is 41.8 Å². The maximum Gasteiger partial charge on any atom is 0.262 e. The molecule has 8 heteroatoms. The minimum Gasteiger partial charge on any atom is -0.491 e. The Hall–Kier alpha value is -2.09. The van der Waals surface area contributed by atoms with E-state index in [-0.39, 0.29) is 17.7 Å². The molecule has 0 unspecified atom stereocenters. The van der Waals surface area contributed by atoms with Gasteiger partial charge in [-0.2, -0.15) is 0 Å². The Bertz CT molecular complexity index is 836. The van der Waals surface area contributed by atoms with Crippen LogP contribution >= 0.6 is 22.9 Å². The molecule has 30 heavy (non-hydrogen) atoms. The van der Waals surface area contributed by atoms with E-state index in [1.165, 1.54) is 11.3 Å². The van der Waals surface area contributed by atoms with E-state index in [0.29, 0.717) is 35.3 Å². The standard InChI is InChI=1S/C22H28ClN3O3S/c1-16(2)20(24-21(27)19-8-5-15-30-19)22(28)26-11-9-25(10-12-26)13-14-29-18-7-4-3-6-17(18)23/h3-8,15-16,20H,9-14H2,1-2H3,(H,24,27)/t20-/m0/s1. The van der Waals surface area contributed by atoms with Crippen LogP contribution in [0.25, 0.3) is 0 Å². The van der Waals surface area contributed by atoms with Crippen molar-refractivity contribution in [2.24, 2.45) is 5.92 Å². The average Bonchev–Trinajstić information content (AvgIpc) is 3.28. The molecule has 3 rings (SSSR count). The minimum atomic E-state index is -0.519. The molecule has 1 aliphatic rings. The van der Waals surface area contributed by atoms with Gasteiger partial charge in [-0.15, -0.1) is 11.3 Å². The van der Waals surface area contributed by atoms with Crippen LogP contribution in [0.2, 0.25) is 5.02 Å². The molecule has 1 aromatic heterocycles. The van der Waals surface area contributed by atoms with Gasteiger partial charge in [-0.1, -0.05) is 43.6 Å². The summed E-state index contributed by atoms with van der Waals surface area (Å²) in [5.74, 6) is 0.506. The summed E-state index contributed by atoms with van der Waals surface area (Å²) >= 11 is 7.49. The van der Waals surface area contributed by atoms with E-state index in [9.17, 15) is 9.59 Å². The van der Waals surface area contributed by atoms with Crippen LogP contribution in [0.5, 0.6) is 5.75 Å². The van der Waals surface area contributed by atoms with Crippen LogP contribution in [-0.4, -0.2) is 67.0 Å². The van der Waals surface area contributed by atoms with Gasteiger partial charge in [-0.25, -0.2) is 0 Å². The molecule has 1 fully saturated rings. The zero-order valence-electron chi connectivity index (χ0n) is 17.3. The van der Waals surface area contributed by atoms with Crippen molar-refractivity contribution in [3.63, 3.8) is 0 Å².